The fourth-order valence-corrected chi connectivity index (χ4v) is 2.88. The summed E-state index contributed by atoms with van der Waals surface area (Å²) in [4.78, 5) is 12.3. The molecule has 138 valence electrons. The average molecular weight is 329 g/mol. The Balaban J connectivity index is 3.94. The molecule has 0 aromatic heterocycles. The SMILES string of the molecule is CCCCCCCCOC(=O)C(CCC)C(N)CCCCCN. The van der Waals surface area contributed by atoms with Crippen molar-refractivity contribution in [1.29, 1.82) is 0 Å². The number of rotatable bonds is 16. The normalized spacial score (nSPS) is 13.7. The minimum absolute atomic E-state index is 0.0789. The van der Waals surface area contributed by atoms with E-state index in [1.54, 1.807) is 0 Å². The third-order valence-corrected chi connectivity index (χ3v) is 4.40. The lowest BCUT2D eigenvalue weighted by molar-refractivity contribution is -0.149. The summed E-state index contributed by atoms with van der Waals surface area (Å²) in [6.45, 7) is 5.59. The van der Waals surface area contributed by atoms with Crippen LogP contribution in [0.4, 0.5) is 0 Å². The van der Waals surface area contributed by atoms with Crippen LogP contribution in [-0.2, 0) is 9.53 Å². The van der Waals surface area contributed by atoms with Crippen LogP contribution >= 0.6 is 0 Å². The standard InChI is InChI=1S/C19H40N2O2/c1-3-5-6-7-8-12-16-23-19(22)17(13-4-2)18(21)14-10-9-11-15-20/h17-18H,3-16,20-21H2,1-2H3. The highest BCUT2D eigenvalue weighted by Gasteiger charge is 2.25. The van der Waals surface area contributed by atoms with Crippen LogP contribution in [0, 0.1) is 5.92 Å². The monoisotopic (exact) mass is 328 g/mol. The van der Waals surface area contributed by atoms with Crippen molar-refractivity contribution in [2.24, 2.45) is 17.4 Å². The van der Waals surface area contributed by atoms with Crippen molar-refractivity contribution in [3.63, 3.8) is 0 Å². The van der Waals surface area contributed by atoms with E-state index in [9.17, 15) is 4.79 Å². The van der Waals surface area contributed by atoms with Gasteiger partial charge in [0.15, 0.2) is 0 Å². The van der Waals surface area contributed by atoms with E-state index in [2.05, 4.69) is 13.8 Å². The summed E-state index contributed by atoms with van der Waals surface area (Å²) in [5, 5.41) is 0. The van der Waals surface area contributed by atoms with Gasteiger partial charge in [-0.1, -0.05) is 65.2 Å². The van der Waals surface area contributed by atoms with Crippen LogP contribution in [-0.4, -0.2) is 25.2 Å². The molecule has 0 amide bonds. The fourth-order valence-electron chi connectivity index (χ4n) is 2.88. The smallest absolute Gasteiger partial charge is 0.310 e. The summed E-state index contributed by atoms with van der Waals surface area (Å²) in [5.41, 5.74) is 11.7. The van der Waals surface area contributed by atoms with Gasteiger partial charge in [0.2, 0.25) is 0 Å². The second-order valence-corrected chi connectivity index (χ2v) is 6.63. The Morgan fingerprint density at radius 2 is 1.52 bits per heavy atom. The molecule has 0 aliphatic carbocycles. The molecule has 0 bridgehead atoms. The molecular weight excluding hydrogens is 288 g/mol. The van der Waals surface area contributed by atoms with Gasteiger partial charge in [-0.15, -0.1) is 0 Å². The lowest BCUT2D eigenvalue weighted by atomic mass is 9.91. The summed E-state index contributed by atoms with van der Waals surface area (Å²) in [5.74, 6) is -0.232. The van der Waals surface area contributed by atoms with Crippen molar-refractivity contribution in [3.8, 4) is 0 Å². The molecular formula is C19H40N2O2. The Bertz CT molecular complexity index is 272. The third kappa shape index (κ3) is 12.5. The highest BCUT2D eigenvalue weighted by molar-refractivity contribution is 5.73. The zero-order valence-corrected chi connectivity index (χ0v) is 15.5. The van der Waals surface area contributed by atoms with Crippen LogP contribution < -0.4 is 11.5 Å². The van der Waals surface area contributed by atoms with E-state index < -0.39 is 0 Å². The topological polar surface area (TPSA) is 78.3 Å². The van der Waals surface area contributed by atoms with E-state index >= 15 is 0 Å². The molecule has 4 heteroatoms. The van der Waals surface area contributed by atoms with Crippen molar-refractivity contribution >= 4 is 5.97 Å². The number of carbonyl (C=O) groups excluding carboxylic acids is 1. The molecule has 0 rings (SSSR count). The number of ether oxygens (including phenoxy) is 1. The minimum atomic E-state index is -0.141. The average Bonchev–Trinajstić information content (AvgIpc) is 2.55. The molecule has 2 unspecified atom stereocenters. The first kappa shape index (κ1) is 22.4. The molecule has 4 N–H and O–H groups in total. The van der Waals surface area contributed by atoms with Gasteiger partial charge in [0.05, 0.1) is 12.5 Å². The first-order chi connectivity index (χ1) is 11.2. The Morgan fingerprint density at radius 1 is 0.870 bits per heavy atom. The number of hydrogen-bond donors (Lipinski definition) is 2. The van der Waals surface area contributed by atoms with Crippen molar-refractivity contribution in [3.05, 3.63) is 0 Å². The van der Waals surface area contributed by atoms with E-state index in [0.29, 0.717) is 6.61 Å². The van der Waals surface area contributed by atoms with Gasteiger partial charge in [0.25, 0.3) is 0 Å². The van der Waals surface area contributed by atoms with E-state index in [1.165, 1.54) is 25.7 Å². The molecule has 0 heterocycles. The van der Waals surface area contributed by atoms with Crippen LogP contribution in [0.25, 0.3) is 0 Å². The Hall–Kier alpha value is -0.610. The predicted octanol–water partition coefficient (Wildman–Crippen LogP) is 4.15. The summed E-state index contributed by atoms with van der Waals surface area (Å²) in [6.07, 6.45) is 13.1. The number of esters is 1. The molecule has 0 aromatic rings. The van der Waals surface area contributed by atoms with Gasteiger partial charge in [-0.2, -0.15) is 0 Å². The maximum absolute atomic E-state index is 12.3. The van der Waals surface area contributed by atoms with Gasteiger partial charge < -0.3 is 16.2 Å². The lowest BCUT2D eigenvalue weighted by Gasteiger charge is -2.22. The van der Waals surface area contributed by atoms with Crippen molar-refractivity contribution in [2.75, 3.05) is 13.2 Å². The number of unbranched alkanes of at least 4 members (excludes halogenated alkanes) is 7. The van der Waals surface area contributed by atoms with Crippen molar-refractivity contribution in [1.82, 2.24) is 0 Å². The Kier molecular flexibility index (Phi) is 15.8. The highest BCUT2D eigenvalue weighted by atomic mass is 16.5. The Labute approximate surface area is 143 Å². The van der Waals surface area contributed by atoms with Crippen LogP contribution in [0.5, 0.6) is 0 Å². The first-order valence-corrected chi connectivity index (χ1v) is 9.79. The van der Waals surface area contributed by atoms with Gasteiger partial charge >= 0.3 is 5.97 Å². The predicted molar refractivity (Wildman–Crippen MR) is 98.2 cm³/mol. The zero-order chi connectivity index (χ0) is 17.3. The summed E-state index contributed by atoms with van der Waals surface area (Å²) in [7, 11) is 0. The van der Waals surface area contributed by atoms with Crippen LogP contribution in [0.15, 0.2) is 0 Å². The van der Waals surface area contributed by atoms with E-state index in [-0.39, 0.29) is 17.9 Å². The van der Waals surface area contributed by atoms with Crippen molar-refractivity contribution < 1.29 is 9.53 Å². The van der Waals surface area contributed by atoms with E-state index in [0.717, 1.165) is 57.9 Å². The van der Waals surface area contributed by atoms with E-state index in [1.807, 2.05) is 0 Å². The minimum Gasteiger partial charge on any atom is -0.465 e. The summed E-state index contributed by atoms with van der Waals surface area (Å²) < 4.78 is 5.47. The largest absolute Gasteiger partial charge is 0.465 e. The van der Waals surface area contributed by atoms with Gasteiger partial charge in [-0.3, -0.25) is 4.79 Å². The van der Waals surface area contributed by atoms with Gasteiger partial charge in [-0.05, 0) is 32.2 Å². The molecule has 23 heavy (non-hydrogen) atoms. The molecule has 0 spiro atoms. The van der Waals surface area contributed by atoms with Crippen LogP contribution in [0.1, 0.15) is 90.9 Å². The van der Waals surface area contributed by atoms with Gasteiger partial charge in [0.1, 0.15) is 0 Å². The van der Waals surface area contributed by atoms with Gasteiger partial charge in [0, 0.05) is 6.04 Å². The Morgan fingerprint density at radius 3 is 2.17 bits per heavy atom. The first-order valence-electron chi connectivity index (χ1n) is 9.79. The summed E-state index contributed by atoms with van der Waals surface area (Å²) >= 11 is 0. The van der Waals surface area contributed by atoms with Crippen LogP contribution in [0.2, 0.25) is 0 Å². The fraction of sp³-hybridized carbons (Fsp3) is 0.947. The highest BCUT2D eigenvalue weighted by Crippen LogP contribution is 2.17. The molecule has 2 atom stereocenters. The third-order valence-electron chi connectivity index (χ3n) is 4.40. The molecule has 0 aliphatic rings. The zero-order valence-electron chi connectivity index (χ0n) is 15.5. The van der Waals surface area contributed by atoms with Crippen LogP contribution in [0.3, 0.4) is 0 Å². The number of hydrogen-bond acceptors (Lipinski definition) is 4. The molecule has 4 nitrogen and oxygen atoms in total. The van der Waals surface area contributed by atoms with E-state index in [4.69, 9.17) is 16.2 Å². The maximum atomic E-state index is 12.3. The molecule has 0 aliphatic heterocycles. The summed E-state index contributed by atoms with van der Waals surface area (Å²) in [6, 6.07) is -0.0789. The number of nitrogens with two attached hydrogens (primary N) is 2. The maximum Gasteiger partial charge on any atom is 0.310 e. The van der Waals surface area contributed by atoms with Gasteiger partial charge in [-0.25, -0.2) is 0 Å². The molecule has 0 radical (unpaired) electrons. The second-order valence-electron chi connectivity index (χ2n) is 6.63. The molecule has 0 aromatic carbocycles. The number of carbonyl (C=O) groups is 1. The molecule has 0 saturated heterocycles. The van der Waals surface area contributed by atoms with Crippen molar-refractivity contribution in [2.45, 2.75) is 96.9 Å². The molecule has 0 saturated carbocycles. The molecule has 0 fully saturated rings. The second kappa shape index (κ2) is 16.3. The quantitative estimate of drug-likeness (QED) is 0.329. The lowest BCUT2D eigenvalue weighted by Crippen LogP contribution is -2.36.